The van der Waals surface area contributed by atoms with Gasteiger partial charge in [0.05, 0.1) is 11.2 Å². The van der Waals surface area contributed by atoms with Gasteiger partial charge in [0.15, 0.2) is 0 Å². The summed E-state index contributed by atoms with van der Waals surface area (Å²) >= 11 is 0. The van der Waals surface area contributed by atoms with Crippen LogP contribution in [0.1, 0.15) is 72.6 Å². The molecule has 28 heavy (non-hydrogen) atoms. The average Bonchev–Trinajstić information content (AvgIpc) is 2.58. The van der Waals surface area contributed by atoms with Crippen LogP contribution in [-0.4, -0.2) is 45.6 Å². The van der Waals surface area contributed by atoms with E-state index in [9.17, 15) is 19.8 Å². The van der Waals surface area contributed by atoms with Gasteiger partial charge in [-0.2, -0.15) is 0 Å². The molecule has 0 saturated carbocycles. The van der Waals surface area contributed by atoms with Crippen LogP contribution >= 0.6 is 0 Å². The molecule has 2 N–H and O–H groups in total. The number of fused-ring (bicyclic) bond motifs is 2. The zero-order valence-corrected chi connectivity index (χ0v) is 17.5. The van der Waals surface area contributed by atoms with Gasteiger partial charge in [0.25, 0.3) is 0 Å². The molecule has 0 spiro atoms. The van der Waals surface area contributed by atoms with E-state index in [1.165, 1.54) is 6.92 Å². The first-order valence-corrected chi connectivity index (χ1v) is 10.1. The molecule has 0 amide bonds. The lowest BCUT2D eigenvalue weighted by atomic mass is 9.77. The number of rotatable bonds is 1. The summed E-state index contributed by atoms with van der Waals surface area (Å²) in [4.78, 5) is 23.8. The largest absolute Gasteiger partial charge is 0.459 e. The van der Waals surface area contributed by atoms with Gasteiger partial charge in [0.1, 0.15) is 12.2 Å². The fourth-order valence-electron chi connectivity index (χ4n) is 4.05. The molecular weight excluding hydrogens is 360 g/mol. The van der Waals surface area contributed by atoms with Gasteiger partial charge in [0, 0.05) is 12.5 Å². The molecule has 2 bridgehead atoms. The summed E-state index contributed by atoms with van der Waals surface area (Å²) in [5.41, 5.74) is -0.879. The fraction of sp³-hybridized carbons (Fsp3) is 0.727. The number of carbonyl (C=O) groups excluding carboxylic acids is 2. The van der Waals surface area contributed by atoms with Crippen LogP contribution in [0.5, 0.6) is 0 Å². The molecule has 0 aromatic rings. The van der Waals surface area contributed by atoms with E-state index in [0.717, 1.165) is 5.57 Å². The third-order valence-electron chi connectivity index (χ3n) is 6.14. The van der Waals surface area contributed by atoms with Crippen molar-refractivity contribution < 1.29 is 29.3 Å². The highest BCUT2D eigenvalue weighted by Gasteiger charge is 2.43. The summed E-state index contributed by atoms with van der Waals surface area (Å²) in [6.07, 6.45) is 4.45. The Morgan fingerprint density at radius 1 is 1.25 bits per heavy atom. The second-order valence-corrected chi connectivity index (χ2v) is 8.83. The van der Waals surface area contributed by atoms with Crippen molar-refractivity contribution in [1.82, 2.24) is 0 Å². The zero-order chi connectivity index (χ0) is 21.1. The molecular formula is C22H34O6. The summed E-state index contributed by atoms with van der Waals surface area (Å²) < 4.78 is 10.9. The first kappa shape index (κ1) is 22.6. The van der Waals surface area contributed by atoms with E-state index in [4.69, 9.17) is 9.47 Å². The molecule has 0 aromatic carbocycles. The Bertz CT molecular complexity index is 645. The van der Waals surface area contributed by atoms with Crippen LogP contribution in [0.2, 0.25) is 0 Å². The van der Waals surface area contributed by atoms with Crippen molar-refractivity contribution >= 4 is 11.9 Å². The van der Waals surface area contributed by atoms with Crippen LogP contribution in [0.25, 0.3) is 0 Å². The Morgan fingerprint density at radius 3 is 2.57 bits per heavy atom. The van der Waals surface area contributed by atoms with Crippen molar-refractivity contribution in [1.29, 1.82) is 0 Å². The summed E-state index contributed by atoms with van der Waals surface area (Å²) in [6.45, 7) is 10.6. The van der Waals surface area contributed by atoms with E-state index >= 15 is 0 Å². The highest BCUT2D eigenvalue weighted by molar-refractivity contribution is 5.89. The molecule has 5 atom stereocenters. The number of carbonyl (C=O) groups is 2. The lowest BCUT2D eigenvalue weighted by Crippen LogP contribution is -2.48. The summed E-state index contributed by atoms with van der Waals surface area (Å²) in [7, 11) is 0. The summed E-state index contributed by atoms with van der Waals surface area (Å²) in [5.74, 6) is -1.10. The maximum absolute atomic E-state index is 12.3. The van der Waals surface area contributed by atoms with Crippen molar-refractivity contribution in [2.45, 2.75) is 96.1 Å². The van der Waals surface area contributed by atoms with Gasteiger partial charge >= 0.3 is 11.9 Å². The molecule has 1 saturated heterocycles. The van der Waals surface area contributed by atoms with Crippen molar-refractivity contribution in [2.24, 2.45) is 5.92 Å². The van der Waals surface area contributed by atoms with Gasteiger partial charge in [0.2, 0.25) is 0 Å². The molecule has 0 aromatic heterocycles. The highest BCUT2D eigenvalue weighted by Crippen LogP contribution is 2.38. The van der Waals surface area contributed by atoms with Crippen LogP contribution in [0, 0.1) is 5.92 Å². The Balaban J connectivity index is 2.30. The van der Waals surface area contributed by atoms with Crippen molar-refractivity contribution in [3.05, 3.63) is 23.8 Å². The number of hydrogen-bond donors (Lipinski definition) is 2. The van der Waals surface area contributed by atoms with E-state index < -0.39 is 35.3 Å². The van der Waals surface area contributed by atoms with Gasteiger partial charge in [-0.25, -0.2) is 4.79 Å². The number of esters is 2. The van der Waals surface area contributed by atoms with E-state index in [0.29, 0.717) is 50.5 Å². The van der Waals surface area contributed by atoms with Gasteiger partial charge in [-0.3, -0.25) is 4.79 Å². The quantitative estimate of drug-likeness (QED) is 0.403. The minimum Gasteiger partial charge on any atom is -0.459 e. The first-order chi connectivity index (χ1) is 12.9. The molecule has 2 aliphatic rings. The topological polar surface area (TPSA) is 93.1 Å². The number of ether oxygens (including phenoxy) is 2. The molecule has 6 heteroatoms. The van der Waals surface area contributed by atoms with Gasteiger partial charge in [-0.1, -0.05) is 18.2 Å². The van der Waals surface area contributed by atoms with E-state index in [1.807, 2.05) is 13.0 Å². The van der Waals surface area contributed by atoms with Crippen molar-refractivity contribution in [3.63, 3.8) is 0 Å². The van der Waals surface area contributed by atoms with Gasteiger partial charge < -0.3 is 19.7 Å². The maximum atomic E-state index is 12.3. The third kappa shape index (κ3) is 5.67. The van der Waals surface area contributed by atoms with Gasteiger partial charge in [-0.05, 0) is 71.6 Å². The van der Waals surface area contributed by atoms with Crippen LogP contribution < -0.4 is 0 Å². The number of aliphatic hydroxyl groups is 2. The average molecular weight is 395 g/mol. The van der Waals surface area contributed by atoms with Crippen LogP contribution in [0.3, 0.4) is 0 Å². The lowest BCUT2D eigenvalue weighted by Gasteiger charge is -2.40. The SMILES string of the molecule is C=C1C(=O)OC2CC1CCC(C)(O)C(OC(C)=O)CCC(C)=CCCC2(C)O. The van der Waals surface area contributed by atoms with Crippen LogP contribution in [-0.2, 0) is 19.1 Å². The molecule has 6 nitrogen and oxygen atoms in total. The van der Waals surface area contributed by atoms with Crippen LogP contribution in [0.4, 0.5) is 0 Å². The smallest absolute Gasteiger partial charge is 0.334 e. The minimum absolute atomic E-state index is 0.192. The first-order valence-electron chi connectivity index (χ1n) is 10.1. The lowest BCUT2D eigenvalue weighted by molar-refractivity contribution is -0.169. The number of hydrogen-bond acceptors (Lipinski definition) is 6. The third-order valence-corrected chi connectivity index (χ3v) is 6.14. The Hall–Kier alpha value is -1.66. The standard InChI is InChI=1S/C22H34O6/c1-14-7-6-11-21(4,25)19-13-17(15(2)20(24)28-19)10-12-22(5,26)18(9-8-14)27-16(3)23/h7,17-19,25-26H,2,6,8-13H2,1,3-5H3. The maximum Gasteiger partial charge on any atom is 0.334 e. The van der Waals surface area contributed by atoms with Gasteiger partial charge in [-0.15, -0.1) is 0 Å². The number of allylic oxidation sites excluding steroid dienone is 2. The van der Waals surface area contributed by atoms with E-state index in [-0.39, 0.29) is 5.92 Å². The molecule has 1 aliphatic carbocycles. The zero-order valence-electron chi connectivity index (χ0n) is 17.5. The van der Waals surface area contributed by atoms with E-state index in [1.54, 1.807) is 13.8 Å². The predicted molar refractivity (Wildman–Crippen MR) is 105 cm³/mol. The summed E-state index contributed by atoms with van der Waals surface area (Å²) in [5, 5.41) is 21.9. The van der Waals surface area contributed by atoms with Crippen LogP contribution in [0.15, 0.2) is 23.8 Å². The molecule has 158 valence electrons. The molecule has 2 rings (SSSR count). The monoisotopic (exact) mass is 394 g/mol. The Labute approximate surface area is 167 Å². The highest BCUT2D eigenvalue weighted by atomic mass is 16.6. The second-order valence-electron chi connectivity index (χ2n) is 8.83. The minimum atomic E-state index is -1.23. The normalized spacial score (nSPS) is 38.1. The fourth-order valence-corrected chi connectivity index (χ4v) is 4.05. The Kier molecular flexibility index (Phi) is 7.10. The molecule has 0 radical (unpaired) electrons. The van der Waals surface area contributed by atoms with E-state index in [2.05, 4.69) is 6.58 Å². The molecule has 1 heterocycles. The second kappa shape index (κ2) is 8.78. The van der Waals surface area contributed by atoms with Crippen molar-refractivity contribution in [2.75, 3.05) is 0 Å². The predicted octanol–water partition coefficient (Wildman–Crippen LogP) is 3.21. The summed E-state index contributed by atoms with van der Waals surface area (Å²) in [6, 6.07) is 0. The molecule has 5 unspecified atom stereocenters. The van der Waals surface area contributed by atoms with Crippen molar-refractivity contribution in [3.8, 4) is 0 Å². The molecule has 1 aliphatic heterocycles. The Morgan fingerprint density at radius 2 is 1.93 bits per heavy atom. The molecule has 1 fully saturated rings.